The molecule has 8 heteroatoms. The molecule has 1 amide bonds. The highest BCUT2D eigenvalue weighted by molar-refractivity contribution is 6.30. The fraction of sp³-hybridized carbons (Fsp3) is 0.353. The summed E-state index contributed by atoms with van der Waals surface area (Å²) in [5, 5.41) is 6.61. The van der Waals surface area contributed by atoms with Gasteiger partial charge in [-0.1, -0.05) is 23.7 Å². The lowest BCUT2D eigenvalue weighted by molar-refractivity contribution is -0.117. The number of carbonyl (C=O) groups is 2. The minimum Gasteiger partial charge on any atom is -0.444 e. The Kier molecular flexibility index (Phi) is 6.94. The first kappa shape index (κ1) is 18.9. The van der Waals surface area contributed by atoms with Crippen LogP contribution in [0.15, 0.2) is 30.6 Å². The average molecular weight is 368 g/mol. The minimum atomic E-state index is -0.712. The van der Waals surface area contributed by atoms with E-state index in [4.69, 9.17) is 16.3 Å². The largest absolute Gasteiger partial charge is 0.444 e. The van der Waals surface area contributed by atoms with Crippen LogP contribution < -0.4 is 5.32 Å². The van der Waals surface area contributed by atoms with Gasteiger partial charge in [0.05, 0.1) is 16.9 Å². The number of halogens is 2. The van der Waals surface area contributed by atoms with Crippen molar-refractivity contribution in [3.05, 3.63) is 47.0 Å². The monoisotopic (exact) mass is 367 g/mol. The molecule has 0 spiro atoms. The van der Waals surface area contributed by atoms with E-state index >= 15 is 0 Å². The van der Waals surface area contributed by atoms with Crippen LogP contribution in [0.2, 0.25) is 5.02 Å². The number of Topliss-reactive ketones (excluding diaryl/α,β-unsaturated/α-hetero) is 1. The fourth-order valence-electron chi connectivity index (χ4n) is 2.16. The summed E-state index contributed by atoms with van der Waals surface area (Å²) >= 11 is 5.67. The van der Waals surface area contributed by atoms with Crippen LogP contribution in [-0.2, 0) is 22.7 Å². The van der Waals surface area contributed by atoms with Crippen LogP contribution in [0.1, 0.15) is 31.7 Å². The van der Waals surface area contributed by atoms with Gasteiger partial charge in [0.15, 0.2) is 0 Å². The van der Waals surface area contributed by atoms with Crippen molar-refractivity contribution in [2.24, 2.45) is 0 Å². The molecule has 0 saturated heterocycles. The van der Waals surface area contributed by atoms with Crippen LogP contribution in [0.25, 0.3) is 0 Å². The molecule has 2 rings (SSSR count). The highest BCUT2D eigenvalue weighted by Crippen LogP contribution is 2.18. The van der Waals surface area contributed by atoms with Gasteiger partial charge in [0.1, 0.15) is 18.2 Å². The third kappa shape index (κ3) is 6.19. The highest BCUT2D eigenvalue weighted by Gasteiger charge is 2.10. The van der Waals surface area contributed by atoms with Crippen LogP contribution >= 0.6 is 11.6 Å². The van der Waals surface area contributed by atoms with Crippen LogP contribution in [0.4, 0.5) is 14.9 Å². The Morgan fingerprint density at radius 2 is 2.16 bits per heavy atom. The molecule has 1 heterocycles. The Labute approximate surface area is 149 Å². The Balaban J connectivity index is 1.77. The van der Waals surface area contributed by atoms with Gasteiger partial charge in [-0.2, -0.15) is 5.10 Å². The molecular weight excluding hydrogens is 349 g/mol. The van der Waals surface area contributed by atoms with Crippen LogP contribution in [-0.4, -0.2) is 21.7 Å². The number of nitrogens with one attached hydrogen (secondary N) is 1. The number of ketones is 1. The summed E-state index contributed by atoms with van der Waals surface area (Å²) in [5.74, 6) is -0.433. The number of ether oxygens (including phenoxy) is 1. The molecule has 0 aliphatic heterocycles. The standard InChI is InChI=1S/C17H19ClFN3O3/c1-12(23)5-2-3-8-22-10-14(9-20-22)21-17(24)25-11-13-6-4-7-15(18)16(13)19/h4,6-7,9-10H,2-3,5,8,11H2,1H3,(H,21,24). The molecule has 0 saturated carbocycles. The van der Waals surface area contributed by atoms with Crippen molar-refractivity contribution >= 4 is 29.2 Å². The average Bonchev–Trinajstić information content (AvgIpc) is 3.00. The molecule has 0 atom stereocenters. The van der Waals surface area contributed by atoms with Crippen LogP contribution in [0, 0.1) is 5.82 Å². The van der Waals surface area contributed by atoms with Crippen molar-refractivity contribution < 1.29 is 18.7 Å². The van der Waals surface area contributed by atoms with Gasteiger partial charge in [-0.05, 0) is 25.8 Å². The number of aromatic nitrogens is 2. The van der Waals surface area contributed by atoms with Crippen molar-refractivity contribution in [2.45, 2.75) is 39.3 Å². The summed E-state index contributed by atoms with van der Waals surface area (Å²) in [7, 11) is 0. The SMILES string of the molecule is CC(=O)CCCCn1cc(NC(=O)OCc2cccc(Cl)c2F)cn1. The summed E-state index contributed by atoms with van der Waals surface area (Å²) < 4.78 is 20.4. The molecule has 1 aromatic heterocycles. The predicted molar refractivity (Wildman–Crippen MR) is 92.0 cm³/mol. The molecule has 134 valence electrons. The molecule has 25 heavy (non-hydrogen) atoms. The molecule has 0 aliphatic carbocycles. The van der Waals surface area contributed by atoms with Crippen molar-refractivity contribution in [2.75, 3.05) is 5.32 Å². The van der Waals surface area contributed by atoms with Crippen LogP contribution in [0.5, 0.6) is 0 Å². The fourth-order valence-corrected chi connectivity index (χ4v) is 2.35. The molecule has 0 aliphatic rings. The number of anilines is 1. The van der Waals surface area contributed by atoms with Crippen molar-refractivity contribution in [1.82, 2.24) is 9.78 Å². The van der Waals surface area contributed by atoms with Crippen molar-refractivity contribution in [1.29, 1.82) is 0 Å². The second kappa shape index (κ2) is 9.17. The number of unbranched alkanes of at least 4 members (excludes halogenated alkanes) is 1. The summed E-state index contributed by atoms with van der Waals surface area (Å²) in [6, 6.07) is 4.50. The normalized spacial score (nSPS) is 10.5. The number of amides is 1. The Morgan fingerprint density at radius 1 is 1.36 bits per heavy atom. The van der Waals surface area contributed by atoms with E-state index in [2.05, 4.69) is 10.4 Å². The van der Waals surface area contributed by atoms with E-state index in [0.29, 0.717) is 18.7 Å². The topological polar surface area (TPSA) is 73.2 Å². The lowest BCUT2D eigenvalue weighted by atomic mass is 10.2. The van der Waals surface area contributed by atoms with Gasteiger partial charge in [0, 0.05) is 24.7 Å². The van der Waals surface area contributed by atoms with E-state index in [9.17, 15) is 14.0 Å². The molecule has 0 bridgehead atoms. The second-order valence-corrected chi connectivity index (χ2v) is 5.97. The molecule has 1 N–H and O–H groups in total. The third-order valence-electron chi connectivity index (χ3n) is 3.44. The summed E-state index contributed by atoms with van der Waals surface area (Å²) in [4.78, 5) is 22.6. The van der Waals surface area contributed by atoms with E-state index in [0.717, 1.165) is 12.8 Å². The molecule has 2 aromatic rings. The quantitative estimate of drug-likeness (QED) is 0.710. The smallest absolute Gasteiger partial charge is 0.412 e. The summed E-state index contributed by atoms with van der Waals surface area (Å²) in [6.45, 7) is 1.99. The highest BCUT2D eigenvalue weighted by atomic mass is 35.5. The maximum Gasteiger partial charge on any atom is 0.412 e. The molecule has 0 radical (unpaired) electrons. The summed E-state index contributed by atoms with van der Waals surface area (Å²) in [6.07, 6.45) is 4.61. The maximum atomic E-state index is 13.7. The van der Waals surface area contributed by atoms with E-state index < -0.39 is 11.9 Å². The molecule has 6 nitrogen and oxygen atoms in total. The van der Waals surface area contributed by atoms with E-state index in [1.165, 1.54) is 18.3 Å². The Morgan fingerprint density at radius 3 is 2.92 bits per heavy atom. The molecular formula is C17H19ClFN3O3. The molecule has 1 aromatic carbocycles. The molecule has 0 unspecified atom stereocenters. The van der Waals surface area contributed by atoms with Gasteiger partial charge < -0.3 is 9.53 Å². The first-order valence-corrected chi connectivity index (χ1v) is 8.22. The van der Waals surface area contributed by atoms with Gasteiger partial charge in [-0.25, -0.2) is 9.18 Å². The van der Waals surface area contributed by atoms with Gasteiger partial charge in [-0.3, -0.25) is 10.00 Å². The van der Waals surface area contributed by atoms with Gasteiger partial charge in [-0.15, -0.1) is 0 Å². The maximum absolute atomic E-state index is 13.7. The zero-order chi connectivity index (χ0) is 18.2. The van der Waals surface area contributed by atoms with E-state index in [1.54, 1.807) is 23.9 Å². The number of carbonyl (C=O) groups excluding carboxylic acids is 2. The van der Waals surface area contributed by atoms with Crippen molar-refractivity contribution in [3.63, 3.8) is 0 Å². The van der Waals surface area contributed by atoms with Crippen molar-refractivity contribution in [3.8, 4) is 0 Å². The second-order valence-electron chi connectivity index (χ2n) is 5.57. The van der Waals surface area contributed by atoms with E-state index in [1.807, 2.05) is 0 Å². The summed E-state index contributed by atoms with van der Waals surface area (Å²) in [5.41, 5.74) is 0.673. The zero-order valence-corrected chi connectivity index (χ0v) is 14.6. The Bertz CT molecular complexity index is 748. The number of aryl methyl sites for hydroxylation is 1. The predicted octanol–water partition coefficient (Wildman–Crippen LogP) is 4.18. The number of benzene rings is 1. The van der Waals surface area contributed by atoms with Gasteiger partial charge >= 0.3 is 6.09 Å². The lowest BCUT2D eigenvalue weighted by Gasteiger charge is -2.07. The first-order valence-electron chi connectivity index (χ1n) is 7.84. The Hall–Kier alpha value is -2.41. The zero-order valence-electron chi connectivity index (χ0n) is 13.8. The van der Waals surface area contributed by atoms with Crippen LogP contribution in [0.3, 0.4) is 0 Å². The van der Waals surface area contributed by atoms with Gasteiger partial charge in [0.25, 0.3) is 0 Å². The molecule has 0 fully saturated rings. The number of hydrogen-bond acceptors (Lipinski definition) is 4. The first-order chi connectivity index (χ1) is 12.0. The third-order valence-corrected chi connectivity index (χ3v) is 3.73. The minimum absolute atomic E-state index is 0.0208. The number of nitrogens with zero attached hydrogens (tertiary/aromatic N) is 2. The van der Waals surface area contributed by atoms with E-state index in [-0.39, 0.29) is 23.0 Å². The number of rotatable bonds is 8. The number of hydrogen-bond donors (Lipinski definition) is 1. The van der Waals surface area contributed by atoms with Gasteiger partial charge in [0.2, 0.25) is 0 Å². The lowest BCUT2D eigenvalue weighted by Crippen LogP contribution is -2.13.